The summed E-state index contributed by atoms with van der Waals surface area (Å²) >= 11 is 0. The van der Waals surface area contributed by atoms with Gasteiger partial charge >= 0.3 is 5.69 Å². The monoisotopic (exact) mass is 430 g/mol. The number of fused-ring (bicyclic) bond motifs is 3. The Morgan fingerprint density at radius 1 is 1.13 bits per heavy atom. The van der Waals surface area contributed by atoms with Crippen molar-refractivity contribution < 1.29 is 23.7 Å². The second-order valence-corrected chi connectivity index (χ2v) is 7.65. The summed E-state index contributed by atoms with van der Waals surface area (Å²) in [7, 11) is 0. The van der Waals surface area contributed by atoms with Crippen molar-refractivity contribution in [2.24, 2.45) is 0 Å². The summed E-state index contributed by atoms with van der Waals surface area (Å²) in [4.78, 5) is 16.6. The van der Waals surface area contributed by atoms with E-state index in [1.54, 1.807) is 4.57 Å². The average molecular weight is 431 g/mol. The summed E-state index contributed by atoms with van der Waals surface area (Å²) in [5, 5.41) is 0. The Hall–Kier alpha value is -2.42. The molecule has 1 saturated heterocycles. The van der Waals surface area contributed by atoms with E-state index in [-0.39, 0.29) is 11.8 Å². The van der Waals surface area contributed by atoms with Crippen molar-refractivity contribution in [3.63, 3.8) is 0 Å². The number of ether oxygens (including phenoxy) is 5. The van der Waals surface area contributed by atoms with Gasteiger partial charge in [0.25, 0.3) is 0 Å². The first-order chi connectivity index (χ1) is 15.2. The fourth-order valence-electron chi connectivity index (χ4n) is 3.81. The molecule has 0 spiro atoms. The molecule has 8 heteroatoms. The van der Waals surface area contributed by atoms with Crippen LogP contribution in [0.5, 0.6) is 11.6 Å². The van der Waals surface area contributed by atoms with Crippen LogP contribution in [0, 0.1) is 0 Å². The Balaban J connectivity index is 1.42. The van der Waals surface area contributed by atoms with Gasteiger partial charge in [-0.05, 0) is 36.6 Å². The van der Waals surface area contributed by atoms with E-state index in [0.29, 0.717) is 58.5 Å². The minimum Gasteiger partial charge on any atom is -0.491 e. The average Bonchev–Trinajstić information content (AvgIpc) is 2.79. The molecule has 0 bridgehead atoms. The van der Waals surface area contributed by atoms with Crippen LogP contribution in [-0.4, -0.2) is 61.9 Å². The molecule has 3 heterocycles. The highest BCUT2D eigenvalue weighted by Crippen LogP contribution is 2.32. The Morgan fingerprint density at radius 2 is 2.06 bits per heavy atom. The number of benzene rings is 1. The highest BCUT2D eigenvalue weighted by molar-refractivity contribution is 5.67. The zero-order valence-corrected chi connectivity index (χ0v) is 18.0. The molecule has 2 aromatic rings. The van der Waals surface area contributed by atoms with Gasteiger partial charge in [0, 0.05) is 31.2 Å². The van der Waals surface area contributed by atoms with E-state index < -0.39 is 0 Å². The largest absolute Gasteiger partial charge is 0.491 e. The van der Waals surface area contributed by atoms with Crippen LogP contribution in [0.25, 0.3) is 11.3 Å². The van der Waals surface area contributed by atoms with Crippen molar-refractivity contribution in [1.82, 2.24) is 9.55 Å². The van der Waals surface area contributed by atoms with Gasteiger partial charge in [0.1, 0.15) is 12.4 Å². The molecule has 0 saturated carbocycles. The van der Waals surface area contributed by atoms with Crippen LogP contribution in [0.15, 0.2) is 29.1 Å². The van der Waals surface area contributed by atoms with E-state index >= 15 is 0 Å². The lowest BCUT2D eigenvalue weighted by Crippen LogP contribution is -2.30. The molecule has 2 aliphatic rings. The Labute approximate surface area is 182 Å². The van der Waals surface area contributed by atoms with E-state index in [1.165, 1.54) is 0 Å². The second-order valence-electron chi connectivity index (χ2n) is 7.65. The number of hydrogen-bond acceptors (Lipinski definition) is 7. The molecule has 31 heavy (non-hydrogen) atoms. The van der Waals surface area contributed by atoms with Gasteiger partial charge in [-0.25, -0.2) is 4.79 Å². The molecule has 0 amide bonds. The normalized spacial score (nSPS) is 17.6. The maximum Gasteiger partial charge on any atom is 0.351 e. The third-order valence-electron chi connectivity index (χ3n) is 5.36. The minimum atomic E-state index is -0.288. The van der Waals surface area contributed by atoms with E-state index in [4.69, 9.17) is 23.7 Å². The summed E-state index contributed by atoms with van der Waals surface area (Å²) in [6, 6.07) is 7.82. The summed E-state index contributed by atoms with van der Waals surface area (Å²) in [6.07, 6.45) is 2.48. The van der Waals surface area contributed by atoms with Crippen LogP contribution in [0.3, 0.4) is 0 Å². The quantitative estimate of drug-likeness (QED) is 0.536. The van der Waals surface area contributed by atoms with Gasteiger partial charge < -0.3 is 23.7 Å². The smallest absolute Gasteiger partial charge is 0.351 e. The van der Waals surface area contributed by atoms with Crippen LogP contribution >= 0.6 is 0 Å². The molecule has 2 aliphatic heterocycles. The van der Waals surface area contributed by atoms with E-state index in [0.717, 1.165) is 42.0 Å². The number of aryl methyl sites for hydroxylation is 1. The first-order valence-corrected chi connectivity index (χ1v) is 11.0. The first-order valence-electron chi connectivity index (χ1n) is 11.0. The van der Waals surface area contributed by atoms with Crippen molar-refractivity contribution in [1.29, 1.82) is 0 Å². The van der Waals surface area contributed by atoms with Crippen LogP contribution in [-0.2, 0) is 27.2 Å². The van der Waals surface area contributed by atoms with Gasteiger partial charge in [0.2, 0.25) is 5.88 Å². The van der Waals surface area contributed by atoms with Gasteiger partial charge in [-0.15, -0.1) is 0 Å². The van der Waals surface area contributed by atoms with Crippen molar-refractivity contribution in [3.8, 4) is 22.9 Å². The van der Waals surface area contributed by atoms with E-state index in [9.17, 15) is 4.79 Å². The van der Waals surface area contributed by atoms with Crippen LogP contribution in [0.4, 0.5) is 0 Å². The first kappa shape index (κ1) is 21.8. The summed E-state index contributed by atoms with van der Waals surface area (Å²) in [6.45, 7) is 6.76. The molecular formula is C23H30N2O6. The van der Waals surface area contributed by atoms with Crippen molar-refractivity contribution in [2.75, 3.05) is 46.2 Å². The topological polar surface area (TPSA) is 81.0 Å². The third kappa shape index (κ3) is 5.64. The van der Waals surface area contributed by atoms with Crippen LogP contribution < -0.4 is 15.2 Å². The fraction of sp³-hybridized carbons (Fsp3) is 0.565. The van der Waals surface area contributed by atoms with E-state index in [1.807, 2.05) is 24.3 Å². The third-order valence-corrected chi connectivity index (χ3v) is 5.36. The number of aromatic nitrogens is 2. The zero-order chi connectivity index (χ0) is 21.5. The SMILES string of the molecule is CCCOCCOc1ccc2c(c1)CCn1c-2cc(OCCC2COCCO2)nc1=O. The minimum absolute atomic E-state index is 0.0268. The molecule has 1 fully saturated rings. The highest BCUT2D eigenvalue weighted by Gasteiger charge is 2.20. The Morgan fingerprint density at radius 3 is 2.90 bits per heavy atom. The Bertz CT molecular complexity index is 923. The number of nitrogens with zero attached hydrogens (tertiary/aromatic N) is 2. The van der Waals surface area contributed by atoms with Gasteiger partial charge in [0.15, 0.2) is 0 Å². The standard InChI is InChI=1S/C23H30N2O6/c1-2-8-27-10-12-29-18-3-4-20-17(14-18)5-7-25-21(20)15-22(24-23(25)26)31-9-6-19-16-28-11-13-30-19/h3-4,14-15,19H,2,5-13,16H2,1H3. The van der Waals surface area contributed by atoms with Gasteiger partial charge in [-0.1, -0.05) is 6.92 Å². The molecule has 1 atom stereocenters. The van der Waals surface area contributed by atoms with Crippen molar-refractivity contribution >= 4 is 0 Å². The van der Waals surface area contributed by atoms with E-state index in [2.05, 4.69) is 11.9 Å². The Kier molecular flexibility index (Phi) is 7.56. The maximum atomic E-state index is 12.5. The van der Waals surface area contributed by atoms with Gasteiger partial charge in [0.05, 0.1) is 44.8 Å². The van der Waals surface area contributed by atoms with Gasteiger partial charge in [-0.3, -0.25) is 4.57 Å². The molecule has 1 aromatic heterocycles. The fourth-order valence-corrected chi connectivity index (χ4v) is 3.81. The predicted octanol–water partition coefficient (Wildman–Crippen LogP) is 2.46. The highest BCUT2D eigenvalue weighted by atomic mass is 16.6. The molecular weight excluding hydrogens is 400 g/mol. The summed E-state index contributed by atoms with van der Waals surface area (Å²) in [5.41, 5.74) is 2.70. The lowest BCUT2D eigenvalue weighted by atomic mass is 9.97. The molecule has 0 aliphatic carbocycles. The van der Waals surface area contributed by atoms with Crippen molar-refractivity contribution in [3.05, 3.63) is 40.3 Å². The molecule has 168 valence electrons. The molecule has 8 nitrogen and oxygen atoms in total. The molecule has 0 radical (unpaired) electrons. The van der Waals surface area contributed by atoms with Crippen LogP contribution in [0.2, 0.25) is 0 Å². The molecule has 1 aromatic carbocycles. The second kappa shape index (κ2) is 10.7. The summed E-state index contributed by atoms with van der Waals surface area (Å²) in [5.74, 6) is 1.16. The summed E-state index contributed by atoms with van der Waals surface area (Å²) < 4.78 is 29.8. The molecule has 0 N–H and O–H groups in total. The molecule has 4 rings (SSSR count). The maximum absolute atomic E-state index is 12.5. The van der Waals surface area contributed by atoms with Gasteiger partial charge in [-0.2, -0.15) is 4.98 Å². The van der Waals surface area contributed by atoms with Crippen molar-refractivity contribution in [2.45, 2.75) is 38.8 Å². The zero-order valence-electron chi connectivity index (χ0n) is 18.0. The lowest BCUT2D eigenvalue weighted by Gasteiger charge is -2.23. The lowest BCUT2D eigenvalue weighted by molar-refractivity contribution is -0.0936. The number of rotatable bonds is 10. The predicted molar refractivity (Wildman–Crippen MR) is 115 cm³/mol. The molecule has 1 unspecified atom stereocenters. The van der Waals surface area contributed by atoms with Crippen LogP contribution in [0.1, 0.15) is 25.3 Å². The number of hydrogen-bond donors (Lipinski definition) is 0.